The number of fused-ring (bicyclic) bond motifs is 2. The van der Waals surface area contributed by atoms with E-state index < -0.39 is 0 Å². The van der Waals surface area contributed by atoms with E-state index in [9.17, 15) is 0 Å². The van der Waals surface area contributed by atoms with E-state index in [4.69, 9.17) is 9.47 Å². The third kappa shape index (κ3) is 1.32. The SMILES string of the molecule is CC1(C)OCC(C2CC3C=CC2C3)O1. The number of allylic oxidation sites excluding steroid dienone is 2. The summed E-state index contributed by atoms with van der Waals surface area (Å²) in [6, 6.07) is 0. The van der Waals surface area contributed by atoms with Gasteiger partial charge in [-0.3, -0.25) is 0 Å². The Labute approximate surface area is 85.3 Å². The van der Waals surface area contributed by atoms with Crippen LogP contribution in [0.15, 0.2) is 12.2 Å². The minimum absolute atomic E-state index is 0.338. The fourth-order valence-corrected chi connectivity index (χ4v) is 3.18. The van der Waals surface area contributed by atoms with Gasteiger partial charge in [-0.1, -0.05) is 12.2 Å². The Morgan fingerprint density at radius 1 is 1.21 bits per heavy atom. The van der Waals surface area contributed by atoms with Gasteiger partial charge >= 0.3 is 0 Å². The predicted octanol–water partition coefficient (Wildman–Crippen LogP) is 2.35. The average Bonchev–Trinajstić information content (AvgIpc) is 2.77. The normalized spacial score (nSPS) is 49.0. The molecular weight excluding hydrogens is 176 g/mol. The fourth-order valence-electron chi connectivity index (χ4n) is 3.18. The molecule has 1 saturated heterocycles. The van der Waals surface area contributed by atoms with Gasteiger partial charge in [-0.2, -0.15) is 0 Å². The van der Waals surface area contributed by atoms with Crippen molar-refractivity contribution < 1.29 is 9.47 Å². The maximum absolute atomic E-state index is 5.93. The van der Waals surface area contributed by atoms with Gasteiger partial charge in [-0.25, -0.2) is 0 Å². The van der Waals surface area contributed by atoms with Gasteiger partial charge in [-0.05, 0) is 44.4 Å². The van der Waals surface area contributed by atoms with Gasteiger partial charge in [0.05, 0.1) is 12.7 Å². The molecule has 0 N–H and O–H groups in total. The van der Waals surface area contributed by atoms with Crippen molar-refractivity contribution in [1.82, 2.24) is 0 Å². The molecule has 1 heterocycles. The standard InChI is InChI=1S/C12H18O2/c1-12(2)13-7-11(14-12)10-6-8-3-4-9(10)5-8/h3-4,8-11H,5-7H2,1-2H3. The lowest BCUT2D eigenvalue weighted by Gasteiger charge is -2.25. The van der Waals surface area contributed by atoms with Crippen LogP contribution in [0.2, 0.25) is 0 Å². The highest BCUT2D eigenvalue weighted by molar-refractivity contribution is 5.11. The van der Waals surface area contributed by atoms with Crippen molar-refractivity contribution in [1.29, 1.82) is 0 Å². The summed E-state index contributed by atoms with van der Waals surface area (Å²) in [6.45, 7) is 4.81. The number of ether oxygens (including phenoxy) is 2. The van der Waals surface area contributed by atoms with Crippen LogP contribution in [0.1, 0.15) is 26.7 Å². The van der Waals surface area contributed by atoms with Gasteiger partial charge in [-0.15, -0.1) is 0 Å². The first-order valence-electron chi connectivity index (χ1n) is 5.64. The maximum atomic E-state index is 5.93. The molecule has 4 atom stereocenters. The molecule has 0 radical (unpaired) electrons. The van der Waals surface area contributed by atoms with Crippen molar-refractivity contribution in [2.24, 2.45) is 17.8 Å². The van der Waals surface area contributed by atoms with E-state index in [0.717, 1.165) is 18.4 Å². The van der Waals surface area contributed by atoms with E-state index in [1.54, 1.807) is 0 Å². The highest BCUT2D eigenvalue weighted by atomic mass is 16.7. The smallest absolute Gasteiger partial charge is 0.163 e. The Bertz CT molecular complexity index is 269. The predicted molar refractivity (Wildman–Crippen MR) is 53.7 cm³/mol. The Balaban J connectivity index is 1.71. The molecule has 2 heteroatoms. The minimum Gasteiger partial charge on any atom is -0.348 e. The molecule has 4 unspecified atom stereocenters. The van der Waals surface area contributed by atoms with Gasteiger partial charge in [0.15, 0.2) is 5.79 Å². The molecule has 2 fully saturated rings. The molecule has 0 spiro atoms. The minimum atomic E-state index is -0.351. The van der Waals surface area contributed by atoms with E-state index in [2.05, 4.69) is 12.2 Å². The monoisotopic (exact) mass is 194 g/mol. The molecule has 3 rings (SSSR count). The maximum Gasteiger partial charge on any atom is 0.163 e. The number of hydrogen-bond acceptors (Lipinski definition) is 2. The molecule has 0 aromatic rings. The number of hydrogen-bond donors (Lipinski definition) is 0. The lowest BCUT2D eigenvalue weighted by Crippen LogP contribution is -2.29. The zero-order valence-electron chi connectivity index (χ0n) is 8.90. The summed E-state index contributed by atoms with van der Waals surface area (Å²) >= 11 is 0. The molecule has 2 bridgehead atoms. The van der Waals surface area contributed by atoms with Crippen LogP contribution in [0.3, 0.4) is 0 Å². The van der Waals surface area contributed by atoms with E-state index >= 15 is 0 Å². The molecule has 1 saturated carbocycles. The second-order valence-electron chi connectivity index (χ2n) is 5.31. The molecule has 14 heavy (non-hydrogen) atoms. The van der Waals surface area contributed by atoms with Crippen LogP contribution in [-0.4, -0.2) is 18.5 Å². The zero-order chi connectivity index (χ0) is 9.76. The summed E-state index contributed by atoms with van der Waals surface area (Å²) in [5.74, 6) is 1.96. The Kier molecular flexibility index (Phi) is 1.80. The van der Waals surface area contributed by atoms with Gasteiger partial charge in [0, 0.05) is 0 Å². The van der Waals surface area contributed by atoms with E-state index in [1.807, 2.05) is 13.8 Å². The van der Waals surface area contributed by atoms with Crippen molar-refractivity contribution in [3.63, 3.8) is 0 Å². The Morgan fingerprint density at radius 2 is 2.07 bits per heavy atom. The molecule has 3 aliphatic rings. The van der Waals surface area contributed by atoms with Gasteiger partial charge in [0.2, 0.25) is 0 Å². The van der Waals surface area contributed by atoms with E-state index in [1.165, 1.54) is 12.8 Å². The second kappa shape index (κ2) is 2.83. The van der Waals surface area contributed by atoms with Crippen LogP contribution in [0.5, 0.6) is 0 Å². The van der Waals surface area contributed by atoms with Crippen LogP contribution >= 0.6 is 0 Å². The van der Waals surface area contributed by atoms with Gasteiger partial charge in [0.1, 0.15) is 0 Å². The summed E-state index contributed by atoms with van der Waals surface area (Å²) in [5, 5.41) is 0. The quantitative estimate of drug-likeness (QED) is 0.596. The van der Waals surface area contributed by atoms with Crippen LogP contribution in [0, 0.1) is 17.8 Å². The molecule has 0 aromatic carbocycles. The molecular formula is C12H18O2. The summed E-state index contributed by atoms with van der Waals surface area (Å²) < 4.78 is 11.6. The average molecular weight is 194 g/mol. The van der Waals surface area contributed by atoms with Crippen LogP contribution in [-0.2, 0) is 9.47 Å². The van der Waals surface area contributed by atoms with Gasteiger partial charge in [0.25, 0.3) is 0 Å². The Hall–Kier alpha value is -0.340. The van der Waals surface area contributed by atoms with E-state index in [0.29, 0.717) is 12.0 Å². The molecule has 0 aromatic heterocycles. The van der Waals surface area contributed by atoms with Crippen molar-refractivity contribution >= 4 is 0 Å². The van der Waals surface area contributed by atoms with Crippen molar-refractivity contribution in [3.8, 4) is 0 Å². The third-order valence-electron chi connectivity index (χ3n) is 3.84. The first kappa shape index (κ1) is 8.93. The van der Waals surface area contributed by atoms with Crippen molar-refractivity contribution in [2.45, 2.75) is 38.6 Å². The number of rotatable bonds is 1. The molecule has 78 valence electrons. The lowest BCUT2D eigenvalue weighted by molar-refractivity contribution is -0.145. The van der Waals surface area contributed by atoms with E-state index in [-0.39, 0.29) is 5.79 Å². The fraction of sp³-hybridized carbons (Fsp3) is 0.833. The summed E-state index contributed by atoms with van der Waals surface area (Å²) in [5.41, 5.74) is 0. The molecule has 0 amide bonds. The second-order valence-corrected chi connectivity index (χ2v) is 5.31. The highest BCUT2D eigenvalue weighted by Crippen LogP contribution is 2.47. The first-order valence-corrected chi connectivity index (χ1v) is 5.64. The first-order chi connectivity index (χ1) is 6.64. The van der Waals surface area contributed by atoms with Gasteiger partial charge < -0.3 is 9.47 Å². The zero-order valence-corrected chi connectivity index (χ0v) is 8.90. The molecule has 2 nitrogen and oxygen atoms in total. The van der Waals surface area contributed by atoms with Crippen molar-refractivity contribution in [2.75, 3.05) is 6.61 Å². The molecule has 2 aliphatic carbocycles. The summed E-state index contributed by atoms with van der Waals surface area (Å²) in [4.78, 5) is 0. The van der Waals surface area contributed by atoms with Crippen LogP contribution < -0.4 is 0 Å². The third-order valence-corrected chi connectivity index (χ3v) is 3.84. The van der Waals surface area contributed by atoms with Crippen LogP contribution in [0.25, 0.3) is 0 Å². The highest BCUT2D eigenvalue weighted by Gasteiger charge is 2.45. The summed E-state index contributed by atoms with van der Waals surface area (Å²) in [6.07, 6.45) is 7.76. The lowest BCUT2D eigenvalue weighted by atomic mass is 9.89. The van der Waals surface area contributed by atoms with Crippen LogP contribution in [0.4, 0.5) is 0 Å². The van der Waals surface area contributed by atoms with Crippen molar-refractivity contribution in [3.05, 3.63) is 12.2 Å². The summed E-state index contributed by atoms with van der Waals surface area (Å²) in [7, 11) is 0. The largest absolute Gasteiger partial charge is 0.348 e. The Morgan fingerprint density at radius 3 is 2.57 bits per heavy atom. The topological polar surface area (TPSA) is 18.5 Å². The molecule has 1 aliphatic heterocycles.